The van der Waals surface area contributed by atoms with Gasteiger partial charge in [-0.05, 0) is 54.4 Å². The average Bonchev–Trinajstić information content (AvgIpc) is 2.97. The quantitative estimate of drug-likeness (QED) is 0.577. The fourth-order valence-corrected chi connectivity index (χ4v) is 2.83. The summed E-state index contributed by atoms with van der Waals surface area (Å²) in [6, 6.07) is 14.2. The number of aryl methyl sites for hydroxylation is 1. The molecule has 3 rings (SSSR count). The second kappa shape index (κ2) is 9.84. The summed E-state index contributed by atoms with van der Waals surface area (Å²) in [4.78, 5) is 4.10. The molecule has 0 aliphatic rings. The molecule has 0 saturated heterocycles. The maximum absolute atomic E-state index is 5.93. The van der Waals surface area contributed by atoms with Crippen molar-refractivity contribution in [3.63, 3.8) is 0 Å². The maximum Gasteiger partial charge on any atom is 0.134 e. The number of pyridine rings is 1. The molecular formula is C18H19BrCl2N2O. The summed E-state index contributed by atoms with van der Waals surface area (Å²) in [5.74, 6) is 1.84. The lowest BCUT2D eigenvalue weighted by molar-refractivity contribution is 0.493. The Morgan fingerprint density at radius 3 is 2.62 bits per heavy atom. The van der Waals surface area contributed by atoms with Crippen LogP contribution in [-0.2, 0) is 13.1 Å². The first-order valence-corrected chi connectivity index (χ1v) is 7.96. The van der Waals surface area contributed by atoms with Gasteiger partial charge in [0.25, 0.3) is 0 Å². The zero-order chi connectivity index (χ0) is 15.4. The Bertz CT molecular complexity index is 763. The monoisotopic (exact) mass is 428 g/mol. The first kappa shape index (κ1) is 20.7. The molecule has 2 aromatic heterocycles. The third-order valence-corrected chi connectivity index (χ3v) is 3.96. The molecule has 0 atom stereocenters. The molecule has 0 aliphatic heterocycles. The van der Waals surface area contributed by atoms with Crippen LogP contribution in [0, 0.1) is 6.92 Å². The summed E-state index contributed by atoms with van der Waals surface area (Å²) in [7, 11) is 0. The highest BCUT2D eigenvalue weighted by Crippen LogP contribution is 2.27. The Balaban J connectivity index is 0.00000144. The normalized spacial score (nSPS) is 9.92. The molecule has 1 aromatic carbocycles. The smallest absolute Gasteiger partial charge is 0.134 e. The summed E-state index contributed by atoms with van der Waals surface area (Å²) in [6.07, 6.45) is 3.65. The van der Waals surface area contributed by atoms with Crippen LogP contribution in [0.15, 0.2) is 63.7 Å². The number of nitrogens with zero attached hydrogens (tertiary/aromatic N) is 1. The average molecular weight is 430 g/mol. The number of halogens is 3. The molecule has 0 aliphatic carbocycles. The topological polar surface area (TPSA) is 38.1 Å². The van der Waals surface area contributed by atoms with Gasteiger partial charge in [0.1, 0.15) is 11.5 Å². The standard InChI is InChI=1S/C18H17BrN2O.2ClH/c1-13-9-15(19)4-6-17(13)18-7-5-16(22-18)12-21-11-14-3-2-8-20-10-14;;/h2-10,21H,11-12H2,1H3;2*1H. The van der Waals surface area contributed by atoms with Crippen molar-refractivity contribution < 1.29 is 4.42 Å². The summed E-state index contributed by atoms with van der Waals surface area (Å²) >= 11 is 3.48. The van der Waals surface area contributed by atoms with Gasteiger partial charge in [-0.25, -0.2) is 0 Å². The summed E-state index contributed by atoms with van der Waals surface area (Å²) in [5, 5.41) is 3.37. The van der Waals surface area contributed by atoms with Crippen LogP contribution in [0.3, 0.4) is 0 Å². The maximum atomic E-state index is 5.93. The minimum absolute atomic E-state index is 0. The molecule has 0 amide bonds. The van der Waals surface area contributed by atoms with Crippen molar-refractivity contribution in [2.24, 2.45) is 0 Å². The van der Waals surface area contributed by atoms with Gasteiger partial charge in [-0.2, -0.15) is 0 Å². The van der Waals surface area contributed by atoms with E-state index in [4.69, 9.17) is 4.42 Å². The third kappa shape index (κ3) is 5.35. The van der Waals surface area contributed by atoms with Crippen LogP contribution in [-0.4, -0.2) is 4.98 Å². The Morgan fingerprint density at radius 2 is 1.92 bits per heavy atom. The molecule has 0 spiro atoms. The van der Waals surface area contributed by atoms with E-state index in [0.717, 1.165) is 33.7 Å². The van der Waals surface area contributed by atoms with Gasteiger partial charge in [-0.1, -0.05) is 22.0 Å². The Hall–Kier alpha value is -1.33. The summed E-state index contributed by atoms with van der Waals surface area (Å²) in [5.41, 5.74) is 3.48. The van der Waals surface area contributed by atoms with Gasteiger partial charge in [0.05, 0.1) is 6.54 Å². The van der Waals surface area contributed by atoms with Crippen LogP contribution in [0.4, 0.5) is 0 Å². The van der Waals surface area contributed by atoms with E-state index in [0.29, 0.717) is 6.54 Å². The SMILES string of the molecule is Cc1cc(Br)ccc1-c1ccc(CNCc2cccnc2)o1.Cl.Cl. The molecule has 3 aromatic rings. The zero-order valence-corrected chi connectivity index (χ0v) is 16.4. The van der Waals surface area contributed by atoms with E-state index < -0.39 is 0 Å². The number of rotatable bonds is 5. The molecule has 0 fully saturated rings. The van der Waals surface area contributed by atoms with Gasteiger partial charge < -0.3 is 9.73 Å². The number of nitrogens with one attached hydrogen (secondary N) is 1. The van der Waals surface area contributed by atoms with Gasteiger partial charge in [-0.15, -0.1) is 24.8 Å². The highest BCUT2D eigenvalue weighted by molar-refractivity contribution is 9.10. The Morgan fingerprint density at radius 1 is 1.08 bits per heavy atom. The number of benzene rings is 1. The third-order valence-electron chi connectivity index (χ3n) is 3.47. The molecular weight excluding hydrogens is 411 g/mol. The van der Waals surface area contributed by atoms with Crippen molar-refractivity contribution in [3.05, 3.63) is 76.2 Å². The number of hydrogen-bond donors (Lipinski definition) is 1. The molecule has 128 valence electrons. The lowest BCUT2D eigenvalue weighted by Gasteiger charge is -2.04. The number of furan rings is 1. The van der Waals surface area contributed by atoms with Crippen LogP contribution in [0.2, 0.25) is 0 Å². The molecule has 6 heteroatoms. The van der Waals surface area contributed by atoms with Crippen molar-refractivity contribution in [2.45, 2.75) is 20.0 Å². The molecule has 24 heavy (non-hydrogen) atoms. The van der Waals surface area contributed by atoms with Gasteiger partial charge in [0, 0.05) is 29.0 Å². The van der Waals surface area contributed by atoms with E-state index in [1.165, 1.54) is 5.56 Å². The van der Waals surface area contributed by atoms with Gasteiger partial charge in [0.15, 0.2) is 0 Å². The van der Waals surface area contributed by atoms with Crippen LogP contribution in [0.25, 0.3) is 11.3 Å². The molecule has 3 nitrogen and oxygen atoms in total. The van der Waals surface area contributed by atoms with Gasteiger partial charge in [-0.3, -0.25) is 4.98 Å². The van der Waals surface area contributed by atoms with E-state index >= 15 is 0 Å². The van der Waals surface area contributed by atoms with Crippen LogP contribution in [0.1, 0.15) is 16.9 Å². The molecule has 1 N–H and O–H groups in total. The fraction of sp³-hybridized carbons (Fsp3) is 0.167. The summed E-state index contributed by atoms with van der Waals surface area (Å²) in [6.45, 7) is 3.56. The largest absolute Gasteiger partial charge is 0.460 e. The lowest BCUT2D eigenvalue weighted by Crippen LogP contribution is -2.12. The van der Waals surface area contributed by atoms with Crippen LogP contribution >= 0.6 is 40.7 Å². The number of hydrogen-bond acceptors (Lipinski definition) is 3. The first-order chi connectivity index (χ1) is 10.7. The predicted molar refractivity (Wildman–Crippen MR) is 106 cm³/mol. The van der Waals surface area contributed by atoms with E-state index in [-0.39, 0.29) is 24.8 Å². The minimum atomic E-state index is 0. The molecule has 0 bridgehead atoms. The van der Waals surface area contributed by atoms with Gasteiger partial charge >= 0.3 is 0 Å². The summed E-state index contributed by atoms with van der Waals surface area (Å²) < 4.78 is 7.02. The minimum Gasteiger partial charge on any atom is -0.460 e. The van der Waals surface area contributed by atoms with E-state index in [1.54, 1.807) is 6.20 Å². The van der Waals surface area contributed by atoms with Crippen molar-refractivity contribution in [1.82, 2.24) is 10.3 Å². The fourth-order valence-electron chi connectivity index (χ4n) is 2.35. The van der Waals surface area contributed by atoms with Crippen molar-refractivity contribution in [3.8, 4) is 11.3 Å². The highest BCUT2D eigenvalue weighted by atomic mass is 79.9. The van der Waals surface area contributed by atoms with E-state index in [2.05, 4.69) is 51.4 Å². The Kier molecular flexibility index (Phi) is 8.50. The van der Waals surface area contributed by atoms with Crippen LogP contribution < -0.4 is 5.32 Å². The molecule has 0 unspecified atom stereocenters. The first-order valence-electron chi connectivity index (χ1n) is 7.17. The highest BCUT2D eigenvalue weighted by Gasteiger charge is 2.07. The molecule has 0 radical (unpaired) electrons. The van der Waals surface area contributed by atoms with Crippen molar-refractivity contribution in [1.29, 1.82) is 0 Å². The number of aromatic nitrogens is 1. The van der Waals surface area contributed by atoms with Crippen molar-refractivity contribution in [2.75, 3.05) is 0 Å². The zero-order valence-electron chi connectivity index (χ0n) is 13.2. The predicted octanol–water partition coefficient (Wildman–Crippen LogP) is 5.55. The molecule has 2 heterocycles. The Labute approximate surface area is 162 Å². The lowest BCUT2D eigenvalue weighted by atomic mass is 10.1. The van der Waals surface area contributed by atoms with Crippen molar-refractivity contribution >= 4 is 40.7 Å². The van der Waals surface area contributed by atoms with Crippen LogP contribution in [0.5, 0.6) is 0 Å². The van der Waals surface area contributed by atoms with E-state index in [1.807, 2.05) is 30.5 Å². The second-order valence-electron chi connectivity index (χ2n) is 5.19. The van der Waals surface area contributed by atoms with Gasteiger partial charge in [0.2, 0.25) is 0 Å². The second-order valence-corrected chi connectivity index (χ2v) is 6.11. The molecule has 0 saturated carbocycles. The van der Waals surface area contributed by atoms with E-state index in [9.17, 15) is 0 Å².